The number of hydrogen-bond donors (Lipinski definition) is 1. The summed E-state index contributed by atoms with van der Waals surface area (Å²) < 4.78 is 10.5. The highest BCUT2D eigenvalue weighted by Crippen LogP contribution is 2.41. The van der Waals surface area contributed by atoms with Crippen LogP contribution in [-0.4, -0.2) is 20.8 Å². The molecule has 0 saturated heterocycles. The maximum atomic E-state index is 5.31. The summed E-state index contributed by atoms with van der Waals surface area (Å²) in [6.45, 7) is 3.16. The first-order valence-electron chi connectivity index (χ1n) is 4.76. The average Bonchev–Trinajstić information content (AvgIpc) is 2.59. The van der Waals surface area contributed by atoms with Crippen LogP contribution in [0.3, 0.4) is 0 Å². The van der Waals surface area contributed by atoms with E-state index in [1.165, 1.54) is 5.56 Å². The van der Waals surface area contributed by atoms with Gasteiger partial charge in [0.2, 0.25) is 0 Å². The summed E-state index contributed by atoms with van der Waals surface area (Å²) in [5.41, 5.74) is 2.39. The Bertz CT molecular complexity index is 349. The molecule has 1 aromatic rings. The van der Waals surface area contributed by atoms with Gasteiger partial charge < -0.3 is 14.8 Å². The third-order valence-electron chi connectivity index (χ3n) is 2.68. The molecule has 1 heterocycles. The minimum atomic E-state index is 0.522. The Balaban J connectivity index is 2.52. The molecular weight excluding hydrogens is 178 g/mol. The largest absolute Gasteiger partial charge is 0.497 e. The molecule has 0 radical (unpaired) electrons. The van der Waals surface area contributed by atoms with Gasteiger partial charge in [0.15, 0.2) is 0 Å². The lowest BCUT2D eigenvalue weighted by Crippen LogP contribution is -1.96. The van der Waals surface area contributed by atoms with Crippen LogP contribution >= 0.6 is 0 Å². The molecule has 0 saturated carbocycles. The topological polar surface area (TPSA) is 30.5 Å². The predicted octanol–water partition coefficient (Wildman–Crippen LogP) is 2.23. The molecule has 1 unspecified atom stereocenters. The van der Waals surface area contributed by atoms with Gasteiger partial charge in [0.1, 0.15) is 11.5 Å². The molecule has 1 aliphatic rings. The SMILES string of the molecule is COc1cc(OC)c2c(c1)C(C)CN2. The molecule has 1 aliphatic heterocycles. The second-order valence-electron chi connectivity index (χ2n) is 3.58. The van der Waals surface area contributed by atoms with Crippen LogP contribution in [0, 0.1) is 0 Å². The molecule has 0 amide bonds. The van der Waals surface area contributed by atoms with E-state index in [1.54, 1.807) is 14.2 Å². The van der Waals surface area contributed by atoms with E-state index in [-0.39, 0.29) is 0 Å². The van der Waals surface area contributed by atoms with Crippen molar-refractivity contribution in [3.05, 3.63) is 17.7 Å². The van der Waals surface area contributed by atoms with Crippen LogP contribution in [-0.2, 0) is 0 Å². The highest BCUT2D eigenvalue weighted by molar-refractivity contribution is 5.69. The molecule has 76 valence electrons. The van der Waals surface area contributed by atoms with Crippen molar-refractivity contribution in [2.24, 2.45) is 0 Å². The Morgan fingerprint density at radius 2 is 2.07 bits per heavy atom. The van der Waals surface area contributed by atoms with Gasteiger partial charge in [-0.05, 0) is 11.6 Å². The molecule has 0 aromatic heterocycles. The molecule has 1 atom stereocenters. The van der Waals surface area contributed by atoms with Gasteiger partial charge in [-0.25, -0.2) is 0 Å². The van der Waals surface area contributed by atoms with Crippen LogP contribution in [0.2, 0.25) is 0 Å². The lowest BCUT2D eigenvalue weighted by molar-refractivity contribution is 0.395. The zero-order valence-corrected chi connectivity index (χ0v) is 8.76. The minimum Gasteiger partial charge on any atom is -0.497 e. The monoisotopic (exact) mass is 193 g/mol. The van der Waals surface area contributed by atoms with Gasteiger partial charge in [-0.3, -0.25) is 0 Å². The number of hydrogen-bond acceptors (Lipinski definition) is 3. The Labute approximate surface area is 84.0 Å². The third-order valence-corrected chi connectivity index (χ3v) is 2.68. The second kappa shape index (κ2) is 3.40. The van der Waals surface area contributed by atoms with Crippen LogP contribution in [0.15, 0.2) is 12.1 Å². The average molecular weight is 193 g/mol. The first-order valence-corrected chi connectivity index (χ1v) is 4.76. The Morgan fingerprint density at radius 3 is 2.71 bits per heavy atom. The number of fused-ring (bicyclic) bond motifs is 1. The molecule has 0 fully saturated rings. The fourth-order valence-electron chi connectivity index (χ4n) is 1.83. The van der Waals surface area contributed by atoms with E-state index in [0.717, 1.165) is 23.7 Å². The summed E-state index contributed by atoms with van der Waals surface area (Å²) in [4.78, 5) is 0. The molecular formula is C11H15NO2. The molecule has 0 spiro atoms. The van der Waals surface area contributed by atoms with Crippen LogP contribution in [0.25, 0.3) is 0 Å². The van der Waals surface area contributed by atoms with Crippen molar-refractivity contribution in [3.63, 3.8) is 0 Å². The number of anilines is 1. The van der Waals surface area contributed by atoms with E-state index >= 15 is 0 Å². The van der Waals surface area contributed by atoms with Gasteiger partial charge in [0.25, 0.3) is 0 Å². The maximum absolute atomic E-state index is 5.31. The van der Waals surface area contributed by atoms with Crippen molar-refractivity contribution >= 4 is 5.69 Å². The first kappa shape index (κ1) is 9.19. The lowest BCUT2D eigenvalue weighted by atomic mass is 10.0. The molecule has 2 rings (SSSR count). The Morgan fingerprint density at radius 1 is 1.29 bits per heavy atom. The Kier molecular flexibility index (Phi) is 2.23. The summed E-state index contributed by atoms with van der Waals surface area (Å²) in [5.74, 6) is 2.24. The minimum absolute atomic E-state index is 0.522. The molecule has 14 heavy (non-hydrogen) atoms. The molecule has 3 nitrogen and oxygen atoms in total. The van der Waals surface area contributed by atoms with Crippen molar-refractivity contribution in [1.82, 2.24) is 0 Å². The van der Waals surface area contributed by atoms with Crippen molar-refractivity contribution in [2.75, 3.05) is 26.1 Å². The summed E-state index contributed by atoms with van der Waals surface area (Å²) in [6, 6.07) is 3.98. The molecule has 1 aromatic carbocycles. The predicted molar refractivity (Wildman–Crippen MR) is 56.5 cm³/mol. The summed E-state index contributed by atoms with van der Waals surface area (Å²) in [5, 5.41) is 3.34. The van der Waals surface area contributed by atoms with E-state index in [1.807, 2.05) is 6.07 Å². The number of methoxy groups -OCH3 is 2. The third kappa shape index (κ3) is 1.29. The van der Waals surface area contributed by atoms with E-state index in [0.29, 0.717) is 5.92 Å². The van der Waals surface area contributed by atoms with E-state index in [4.69, 9.17) is 9.47 Å². The zero-order valence-electron chi connectivity index (χ0n) is 8.76. The van der Waals surface area contributed by atoms with E-state index < -0.39 is 0 Å². The molecule has 0 aliphatic carbocycles. The summed E-state index contributed by atoms with van der Waals surface area (Å²) in [7, 11) is 3.36. The molecule has 1 N–H and O–H groups in total. The fourth-order valence-corrected chi connectivity index (χ4v) is 1.83. The Hall–Kier alpha value is -1.38. The van der Waals surface area contributed by atoms with Crippen molar-refractivity contribution < 1.29 is 9.47 Å². The highest BCUT2D eigenvalue weighted by Gasteiger charge is 2.22. The van der Waals surface area contributed by atoms with Crippen molar-refractivity contribution in [3.8, 4) is 11.5 Å². The second-order valence-corrected chi connectivity index (χ2v) is 3.58. The maximum Gasteiger partial charge on any atom is 0.145 e. The van der Waals surface area contributed by atoms with Gasteiger partial charge >= 0.3 is 0 Å². The van der Waals surface area contributed by atoms with Crippen LogP contribution in [0.1, 0.15) is 18.4 Å². The van der Waals surface area contributed by atoms with Gasteiger partial charge in [-0.1, -0.05) is 6.92 Å². The van der Waals surface area contributed by atoms with E-state index in [9.17, 15) is 0 Å². The number of benzene rings is 1. The lowest BCUT2D eigenvalue weighted by Gasteiger charge is -2.10. The molecule has 0 bridgehead atoms. The standard InChI is InChI=1S/C11H15NO2/c1-7-6-12-11-9(7)4-8(13-2)5-10(11)14-3/h4-5,7,12H,6H2,1-3H3. The quantitative estimate of drug-likeness (QED) is 0.781. The number of nitrogens with one attached hydrogen (secondary N) is 1. The van der Waals surface area contributed by atoms with E-state index in [2.05, 4.69) is 18.3 Å². The van der Waals surface area contributed by atoms with Crippen LogP contribution in [0.4, 0.5) is 5.69 Å². The van der Waals surface area contributed by atoms with Crippen LogP contribution in [0.5, 0.6) is 11.5 Å². The summed E-state index contributed by atoms with van der Waals surface area (Å²) in [6.07, 6.45) is 0. The number of rotatable bonds is 2. The van der Waals surface area contributed by atoms with Gasteiger partial charge in [0, 0.05) is 18.5 Å². The van der Waals surface area contributed by atoms with Gasteiger partial charge in [0.05, 0.1) is 19.9 Å². The van der Waals surface area contributed by atoms with Crippen LogP contribution < -0.4 is 14.8 Å². The summed E-state index contributed by atoms with van der Waals surface area (Å²) >= 11 is 0. The zero-order chi connectivity index (χ0) is 10.1. The van der Waals surface area contributed by atoms with Gasteiger partial charge in [-0.15, -0.1) is 0 Å². The normalized spacial score (nSPS) is 18.6. The smallest absolute Gasteiger partial charge is 0.145 e. The van der Waals surface area contributed by atoms with Crippen molar-refractivity contribution in [1.29, 1.82) is 0 Å². The highest BCUT2D eigenvalue weighted by atomic mass is 16.5. The molecule has 3 heteroatoms. The van der Waals surface area contributed by atoms with Crippen molar-refractivity contribution in [2.45, 2.75) is 12.8 Å². The fraction of sp³-hybridized carbons (Fsp3) is 0.455. The number of ether oxygens (including phenoxy) is 2. The first-order chi connectivity index (χ1) is 6.76. The van der Waals surface area contributed by atoms with Gasteiger partial charge in [-0.2, -0.15) is 0 Å².